The van der Waals surface area contributed by atoms with Crippen molar-refractivity contribution in [1.82, 2.24) is 25.4 Å². The summed E-state index contributed by atoms with van der Waals surface area (Å²) in [6, 6.07) is 7.67. The van der Waals surface area contributed by atoms with Crippen LogP contribution < -0.4 is 15.4 Å². The second-order valence-electron chi connectivity index (χ2n) is 6.20. The molecule has 0 saturated heterocycles. The Kier molecular flexibility index (Phi) is 5.87. The minimum absolute atomic E-state index is 0.181. The Labute approximate surface area is 147 Å². The highest BCUT2D eigenvalue weighted by molar-refractivity contribution is 5.73. The summed E-state index contributed by atoms with van der Waals surface area (Å²) in [5.74, 6) is 2.71. The van der Waals surface area contributed by atoms with Gasteiger partial charge in [-0.3, -0.25) is 0 Å². The van der Waals surface area contributed by atoms with Gasteiger partial charge in [0.15, 0.2) is 5.82 Å². The first-order valence-corrected chi connectivity index (χ1v) is 8.82. The zero-order valence-electron chi connectivity index (χ0n) is 14.6. The third-order valence-electron chi connectivity index (χ3n) is 4.45. The number of urea groups is 1. The number of amides is 2. The van der Waals surface area contributed by atoms with Gasteiger partial charge in [0.2, 0.25) is 0 Å². The normalized spacial score (nSPS) is 13.6. The van der Waals surface area contributed by atoms with Crippen molar-refractivity contribution >= 4 is 6.03 Å². The van der Waals surface area contributed by atoms with E-state index in [-0.39, 0.29) is 6.03 Å². The van der Waals surface area contributed by atoms with Crippen molar-refractivity contribution in [2.45, 2.75) is 45.2 Å². The van der Waals surface area contributed by atoms with Crippen LogP contribution in [0.25, 0.3) is 0 Å². The Balaban J connectivity index is 1.41. The predicted molar refractivity (Wildman–Crippen MR) is 94.5 cm³/mol. The fourth-order valence-electron chi connectivity index (χ4n) is 3.01. The van der Waals surface area contributed by atoms with Crippen LogP contribution in [0.1, 0.15) is 36.5 Å². The van der Waals surface area contributed by atoms with E-state index >= 15 is 0 Å². The molecule has 7 heteroatoms. The van der Waals surface area contributed by atoms with E-state index in [1.807, 2.05) is 24.3 Å². The molecule has 0 unspecified atom stereocenters. The second-order valence-corrected chi connectivity index (χ2v) is 6.20. The van der Waals surface area contributed by atoms with Crippen molar-refractivity contribution in [3.8, 4) is 5.75 Å². The fraction of sp³-hybridized carbons (Fsp3) is 0.500. The molecule has 2 N–H and O–H groups in total. The van der Waals surface area contributed by atoms with Crippen LogP contribution in [0.15, 0.2) is 24.3 Å². The highest BCUT2D eigenvalue weighted by Gasteiger charge is 2.14. The van der Waals surface area contributed by atoms with Crippen molar-refractivity contribution < 1.29 is 9.53 Å². The molecule has 2 amide bonds. The zero-order valence-corrected chi connectivity index (χ0v) is 14.6. The molecule has 0 spiro atoms. The quantitative estimate of drug-likeness (QED) is 0.841. The highest BCUT2D eigenvalue weighted by Crippen LogP contribution is 2.14. The Morgan fingerprint density at radius 1 is 1.16 bits per heavy atom. The summed E-state index contributed by atoms with van der Waals surface area (Å²) in [4.78, 5) is 12.0. The van der Waals surface area contributed by atoms with Crippen molar-refractivity contribution in [3.63, 3.8) is 0 Å². The SMILES string of the molecule is COc1ccc(CCNC(=O)NCc2nnc3n2CCCCC3)cc1. The maximum atomic E-state index is 12.0. The van der Waals surface area contributed by atoms with Crippen LogP contribution in [0.2, 0.25) is 0 Å². The molecule has 25 heavy (non-hydrogen) atoms. The molecule has 0 fully saturated rings. The number of nitrogens with zero attached hydrogens (tertiary/aromatic N) is 3. The first-order valence-electron chi connectivity index (χ1n) is 8.82. The van der Waals surface area contributed by atoms with Crippen molar-refractivity contribution in [1.29, 1.82) is 0 Å². The number of nitrogens with one attached hydrogen (secondary N) is 2. The van der Waals surface area contributed by atoms with E-state index in [4.69, 9.17) is 4.74 Å². The number of fused-ring (bicyclic) bond motifs is 1. The number of hydrogen-bond acceptors (Lipinski definition) is 4. The molecule has 134 valence electrons. The van der Waals surface area contributed by atoms with Gasteiger partial charge in [0.1, 0.15) is 11.6 Å². The van der Waals surface area contributed by atoms with Gasteiger partial charge in [0.25, 0.3) is 0 Å². The van der Waals surface area contributed by atoms with Crippen LogP contribution in [0.5, 0.6) is 5.75 Å². The Morgan fingerprint density at radius 3 is 2.80 bits per heavy atom. The lowest BCUT2D eigenvalue weighted by Gasteiger charge is -2.09. The molecule has 0 aliphatic carbocycles. The lowest BCUT2D eigenvalue weighted by molar-refractivity contribution is 0.240. The number of carbonyl (C=O) groups is 1. The van der Waals surface area contributed by atoms with Crippen LogP contribution in [-0.4, -0.2) is 34.5 Å². The molecule has 1 aliphatic heterocycles. The van der Waals surface area contributed by atoms with Gasteiger partial charge in [-0.15, -0.1) is 10.2 Å². The van der Waals surface area contributed by atoms with E-state index in [9.17, 15) is 4.79 Å². The van der Waals surface area contributed by atoms with Crippen LogP contribution in [0.4, 0.5) is 4.79 Å². The van der Waals surface area contributed by atoms with Crippen LogP contribution >= 0.6 is 0 Å². The van der Waals surface area contributed by atoms with Gasteiger partial charge in [-0.05, 0) is 37.0 Å². The lowest BCUT2D eigenvalue weighted by Crippen LogP contribution is -2.36. The van der Waals surface area contributed by atoms with Gasteiger partial charge < -0.3 is 19.9 Å². The molecule has 3 rings (SSSR count). The van der Waals surface area contributed by atoms with Crippen LogP contribution in [-0.2, 0) is 25.9 Å². The van der Waals surface area contributed by atoms with E-state index < -0.39 is 0 Å². The Bertz CT molecular complexity index is 696. The average molecular weight is 343 g/mol. The summed E-state index contributed by atoms with van der Waals surface area (Å²) in [5.41, 5.74) is 1.16. The Hall–Kier alpha value is -2.57. The summed E-state index contributed by atoms with van der Waals surface area (Å²) < 4.78 is 7.28. The molecule has 2 heterocycles. The molecule has 1 aromatic carbocycles. The van der Waals surface area contributed by atoms with Crippen LogP contribution in [0, 0.1) is 0 Å². The van der Waals surface area contributed by atoms with Gasteiger partial charge in [0, 0.05) is 19.5 Å². The molecule has 0 bridgehead atoms. The summed E-state index contributed by atoms with van der Waals surface area (Å²) in [6.07, 6.45) is 5.28. The van der Waals surface area contributed by atoms with Gasteiger partial charge in [-0.2, -0.15) is 0 Å². The summed E-state index contributed by atoms with van der Waals surface area (Å²) in [7, 11) is 1.65. The highest BCUT2D eigenvalue weighted by atomic mass is 16.5. The lowest BCUT2D eigenvalue weighted by atomic mass is 10.1. The number of methoxy groups -OCH3 is 1. The summed E-state index contributed by atoms with van der Waals surface area (Å²) in [6.45, 7) is 1.93. The molecule has 0 atom stereocenters. The number of hydrogen-bond donors (Lipinski definition) is 2. The van der Waals surface area contributed by atoms with Gasteiger partial charge in [0.05, 0.1) is 13.7 Å². The first-order chi connectivity index (χ1) is 12.3. The number of ether oxygens (including phenoxy) is 1. The van der Waals surface area contributed by atoms with Crippen molar-refractivity contribution in [2.75, 3.05) is 13.7 Å². The monoisotopic (exact) mass is 343 g/mol. The number of carbonyl (C=O) groups excluding carboxylic acids is 1. The van der Waals surface area contributed by atoms with Crippen molar-refractivity contribution in [3.05, 3.63) is 41.5 Å². The third-order valence-corrected chi connectivity index (χ3v) is 4.45. The molecule has 2 aromatic rings. The van der Waals surface area contributed by atoms with Gasteiger partial charge >= 0.3 is 6.03 Å². The number of aryl methyl sites for hydroxylation is 1. The molecule has 0 radical (unpaired) electrons. The smallest absolute Gasteiger partial charge is 0.315 e. The van der Waals surface area contributed by atoms with E-state index in [2.05, 4.69) is 25.4 Å². The molecule has 0 saturated carbocycles. The van der Waals surface area contributed by atoms with Crippen molar-refractivity contribution in [2.24, 2.45) is 0 Å². The fourth-order valence-corrected chi connectivity index (χ4v) is 3.01. The van der Waals surface area contributed by atoms with Gasteiger partial charge in [-0.1, -0.05) is 18.6 Å². The summed E-state index contributed by atoms with van der Waals surface area (Å²) >= 11 is 0. The minimum Gasteiger partial charge on any atom is -0.497 e. The van der Waals surface area contributed by atoms with E-state index in [0.29, 0.717) is 13.1 Å². The molecular weight excluding hydrogens is 318 g/mol. The largest absolute Gasteiger partial charge is 0.497 e. The minimum atomic E-state index is -0.181. The van der Waals surface area contributed by atoms with E-state index in [1.54, 1.807) is 7.11 Å². The molecule has 1 aliphatic rings. The summed E-state index contributed by atoms with van der Waals surface area (Å²) in [5, 5.41) is 14.2. The average Bonchev–Trinajstić information content (AvgIpc) is 2.86. The maximum Gasteiger partial charge on any atom is 0.315 e. The van der Waals surface area contributed by atoms with Gasteiger partial charge in [-0.25, -0.2) is 4.79 Å². The Morgan fingerprint density at radius 2 is 2.00 bits per heavy atom. The molecule has 1 aromatic heterocycles. The molecule has 7 nitrogen and oxygen atoms in total. The number of rotatable bonds is 6. The van der Waals surface area contributed by atoms with E-state index in [1.165, 1.54) is 6.42 Å². The van der Waals surface area contributed by atoms with Crippen LogP contribution in [0.3, 0.4) is 0 Å². The number of aromatic nitrogens is 3. The molecular formula is C18H25N5O2. The topological polar surface area (TPSA) is 81.1 Å². The first kappa shape index (κ1) is 17.3. The maximum absolute atomic E-state index is 12.0. The zero-order chi connectivity index (χ0) is 17.5. The predicted octanol–water partition coefficient (Wildman–Crippen LogP) is 2.05. The second kappa shape index (κ2) is 8.50. The number of benzene rings is 1. The standard InChI is InChI=1S/C18H25N5O2/c1-25-15-8-6-14(7-9-15)10-11-19-18(24)20-13-17-22-21-16-5-3-2-4-12-23(16)17/h6-9H,2-5,10-13H2,1H3,(H2,19,20,24). The third kappa shape index (κ3) is 4.71. The van der Waals surface area contributed by atoms with E-state index in [0.717, 1.165) is 55.2 Å².